The molecule has 4 rings (SSSR count). The lowest BCUT2D eigenvalue weighted by molar-refractivity contribution is -0.161. The van der Waals surface area contributed by atoms with E-state index in [2.05, 4.69) is 26.4 Å². The first-order chi connectivity index (χ1) is 13.4. The number of nitrogens with zero attached hydrogens (tertiary/aromatic N) is 3. The van der Waals surface area contributed by atoms with E-state index in [-0.39, 0.29) is 12.6 Å². The predicted molar refractivity (Wildman–Crippen MR) is 105 cm³/mol. The van der Waals surface area contributed by atoms with E-state index >= 15 is 0 Å². The summed E-state index contributed by atoms with van der Waals surface area (Å²) >= 11 is 0. The van der Waals surface area contributed by atoms with Gasteiger partial charge in [0.15, 0.2) is 0 Å². The minimum Gasteiger partial charge on any atom is -0.457 e. The molecule has 1 aromatic carbocycles. The Kier molecular flexibility index (Phi) is 4.75. The monoisotopic (exact) mass is 378 g/mol. The van der Waals surface area contributed by atoms with Crippen LogP contribution < -0.4 is 16.0 Å². The number of hydrogen-bond acceptors (Lipinski definition) is 6. The van der Waals surface area contributed by atoms with Gasteiger partial charge in [0.05, 0.1) is 23.0 Å². The van der Waals surface area contributed by atoms with E-state index in [0.717, 1.165) is 35.7 Å². The molecular weight excluding hydrogens is 352 g/mol. The third-order valence-electron chi connectivity index (χ3n) is 5.01. The Morgan fingerprint density at radius 1 is 1.18 bits per heavy atom. The highest BCUT2D eigenvalue weighted by molar-refractivity contribution is 5.82. The summed E-state index contributed by atoms with van der Waals surface area (Å²) in [5, 5.41) is 4.95. The zero-order valence-electron chi connectivity index (χ0n) is 16.6. The van der Waals surface area contributed by atoms with Crippen LogP contribution in [0, 0.1) is 0 Å². The molecule has 146 valence electrons. The number of ether oxygens (including phenoxy) is 1. The van der Waals surface area contributed by atoms with Gasteiger partial charge in [0.25, 0.3) is 5.66 Å². The second-order valence-electron chi connectivity index (χ2n) is 8.40. The molecule has 2 aliphatic rings. The highest BCUT2D eigenvalue weighted by Crippen LogP contribution is 2.29. The molecule has 0 saturated carbocycles. The summed E-state index contributed by atoms with van der Waals surface area (Å²) in [7, 11) is 0. The summed E-state index contributed by atoms with van der Waals surface area (Å²) in [6.07, 6.45) is 4.92. The number of carbonyl (C=O) groups is 1. The van der Waals surface area contributed by atoms with Crippen molar-refractivity contribution >= 4 is 5.97 Å². The van der Waals surface area contributed by atoms with Crippen molar-refractivity contribution in [3.8, 4) is 0 Å². The predicted octanol–water partition coefficient (Wildman–Crippen LogP) is 2.04. The summed E-state index contributed by atoms with van der Waals surface area (Å²) in [6, 6.07) is 11.7. The Hall–Kier alpha value is -2.60. The quantitative estimate of drug-likeness (QED) is 0.826. The van der Waals surface area contributed by atoms with Crippen molar-refractivity contribution in [3.63, 3.8) is 0 Å². The van der Waals surface area contributed by atoms with Gasteiger partial charge in [-0.25, -0.2) is 14.8 Å². The van der Waals surface area contributed by atoms with Gasteiger partial charge in [0.1, 0.15) is 5.60 Å². The summed E-state index contributed by atoms with van der Waals surface area (Å²) < 4.78 is 5.68. The highest BCUT2D eigenvalue weighted by Gasteiger charge is 2.44. The Morgan fingerprint density at radius 2 is 1.89 bits per heavy atom. The minimum atomic E-state index is -1.30. The molecule has 1 N–H and O–H groups in total. The van der Waals surface area contributed by atoms with Crippen molar-refractivity contribution in [2.75, 3.05) is 6.54 Å². The van der Waals surface area contributed by atoms with Crippen molar-refractivity contribution in [2.45, 2.75) is 57.3 Å². The van der Waals surface area contributed by atoms with Crippen LogP contribution >= 0.6 is 0 Å². The molecule has 2 heterocycles. The topological polar surface area (TPSA) is 75.9 Å². The summed E-state index contributed by atoms with van der Waals surface area (Å²) in [5.41, 5.74) is 0.413. The van der Waals surface area contributed by atoms with E-state index in [1.54, 1.807) is 0 Å². The van der Waals surface area contributed by atoms with E-state index in [1.807, 2.05) is 57.3 Å². The molecule has 6 nitrogen and oxygen atoms in total. The number of fused-ring (bicyclic) bond motifs is 2. The summed E-state index contributed by atoms with van der Waals surface area (Å²) in [6.45, 7) is 5.84. The van der Waals surface area contributed by atoms with Crippen LogP contribution in [0.25, 0.3) is 0 Å². The molecule has 1 aliphatic heterocycles. The number of esters is 1. The molecule has 1 unspecified atom stereocenters. The second kappa shape index (κ2) is 7.09. The molecule has 0 radical (unpaired) electrons. The van der Waals surface area contributed by atoms with Crippen LogP contribution in [0.15, 0.2) is 52.6 Å². The fraction of sp³-hybridized carbons (Fsp3) is 0.455. The number of pyridine rings is 1. The van der Waals surface area contributed by atoms with Gasteiger partial charge in [-0.15, -0.1) is 0 Å². The van der Waals surface area contributed by atoms with Gasteiger partial charge in [0, 0.05) is 12.2 Å². The Balaban J connectivity index is 1.63. The first-order valence-corrected chi connectivity index (χ1v) is 9.82. The number of benzene rings is 1. The van der Waals surface area contributed by atoms with E-state index < -0.39 is 17.2 Å². The molecule has 0 bridgehead atoms. The number of aromatic nitrogens is 1. The number of rotatable bonds is 4. The fourth-order valence-electron chi connectivity index (χ4n) is 3.75. The van der Waals surface area contributed by atoms with Gasteiger partial charge in [-0.1, -0.05) is 18.2 Å². The number of hydrogen-bond donors (Lipinski definition) is 1. The van der Waals surface area contributed by atoms with Crippen LogP contribution in [0.5, 0.6) is 0 Å². The lowest BCUT2D eigenvalue weighted by Gasteiger charge is -2.30. The largest absolute Gasteiger partial charge is 0.457 e. The molecule has 0 spiro atoms. The van der Waals surface area contributed by atoms with Gasteiger partial charge < -0.3 is 10.1 Å². The van der Waals surface area contributed by atoms with Crippen molar-refractivity contribution in [1.82, 2.24) is 10.3 Å². The van der Waals surface area contributed by atoms with E-state index in [9.17, 15) is 4.79 Å². The zero-order valence-corrected chi connectivity index (χ0v) is 16.6. The normalized spacial score (nSPS) is 19.8. The van der Waals surface area contributed by atoms with Gasteiger partial charge in [0.2, 0.25) is 0 Å². The molecule has 1 aliphatic carbocycles. The molecule has 1 atom stereocenters. The zero-order chi connectivity index (χ0) is 19.8. The van der Waals surface area contributed by atoms with E-state index in [4.69, 9.17) is 4.74 Å². The van der Waals surface area contributed by atoms with Crippen LogP contribution in [0.3, 0.4) is 0 Å². The van der Waals surface area contributed by atoms with Gasteiger partial charge in [-0.2, -0.15) is 0 Å². The third kappa shape index (κ3) is 3.69. The number of nitrogens with one attached hydrogen (secondary N) is 1. The van der Waals surface area contributed by atoms with Gasteiger partial charge in [-0.3, -0.25) is 4.98 Å². The SMILES string of the molecule is CC(C)(C)OC(=O)C1(CNC2CCCc3cccnc32)N=c2ccccc2=N1. The fourth-order valence-corrected chi connectivity index (χ4v) is 3.75. The third-order valence-corrected chi connectivity index (χ3v) is 5.01. The minimum absolute atomic E-state index is 0.0818. The molecular formula is C22H26N4O2. The van der Waals surface area contributed by atoms with Crippen molar-refractivity contribution in [3.05, 3.63) is 64.6 Å². The maximum atomic E-state index is 13.1. The smallest absolute Gasteiger partial charge is 0.358 e. The molecule has 0 amide bonds. The Bertz CT molecular complexity index is 975. The van der Waals surface area contributed by atoms with Crippen LogP contribution in [0.2, 0.25) is 0 Å². The number of carbonyl (C=O) groups excluding carboxylic acids is 1. The standard InChI is InChI=1S/C22H26N4O2/c1-21(2,3)28-20(27)22(25-16-10-4-5-11-17(16)26-22)14-24-18-12-6-8-15-9-7-13-23-19(15)18/h4-5,7,9-11,13,18,24H,6,8,12,14H2,1-3H3. The summed E-state index contributed by atoms with van der Waals surface area (Å²) in [5.74, 6) is -0.430. The Morgan fingerprint density at radius 3 is 2.57 bits per heavy atom. The lowest BCUT2D eigenvalue weighted by atomic mass is 9.91. The van der Waals surface area contributed by atoms with Gasteiger partial charge >= 0.3 is 5.97 Å². The van der Waals surface area contributed by atoms with Crippen molar-refractivity contribution in [2.24, 2.45) is 9.98 Å². The average molecular weight is 378 g/mol. The van der Waals surface area contributed by atoms with Crippen LogP contribution in [0.1, 0.15) is 50.9 Å². The number of para-hydroxylation sites is 2. The first kappa shape index (κ1) is 18.7. The first-order valence-electron chi connectivity index (χ1n) is 9.82. The lowest BCUT2D eigenvalue weighted by Crippen LogP contribution is -2.48. The van der Waals surface area contributed by atoms with Crippen LogP contribution in [0.4, 0.5) is 0 Å². The van der Waals surface area contributed by atoms with Gasteiger partial charge in [-0.05, 0) is 63.8 Å². The molecule has 2 aromatic rings. The van der Waals surface area contributed by atoms with Crippen LogP contribution in [-0.4, -0.2) is 28.8 Å². The van der Waals surface area contributed by atoms with Crippen molar-refractivity contribution < 1.29 is 9.53 Å². The Labute approximate surface area is 164 Å². The molecule has 0 fully saturated rings. The number of aryl methyl sites for hydroxylation is 1. The maximum Gasteiger partial charge on any atom is 0.358 e. The van der Waals surface area contributed by atoms with E-state index in [1.165, 1.54) is 5.56 Å². The summed E-state index contributed by atoms with van der Waals surface area (Å²) in [4.78, 5) is 27.0. The molecule has 1 aromatic heterocycles. The van der Waals surface area contributed by atoms with Crippen LogP contribution in [-0.2, 0) is 16.0 Å². The van der Waals surface area contributed by atoms with E-state index in [0.29, 0.717) is 0 Å². The second-order valence-corrected chi connectivity index (χ2v) is 8.40. The average Bonchev–Trinajstić information content (AvgIpc) is 3.05. The molecule has 6 heteroatoms. The van der Waals surface area contributed by atoms with Crippen molar-refractivity contribution in [1.29, 1.82) is 0 Å². The highest BCUT2D eigenvalue weighted by atomic mass is 16.6. The maximum absolute atomic E-state index is 13.1. The molecule has 0 saturated heterocycles. The molecule has 28 heavy (non-hydrogen) atoms.